The van der Waals surface area contributed by atoms with Crippen LogP contribution in [0.5, 0.6) is 5.75 Å². The van der Waals surface area contributed by atoms with E-state index in [0.717, 1.165) is 17.9 Å². The molecule has 0 atom stereocenters. The molecular weight excluding hydrogens is 332 g/mol. The van der Waals surface area contributed by atoms with Crippen LogP contribution in [0.4, 0.5) is 17.5 Å². The Hall–Kier alpha value is -2.61. The van der Waals surface area contributed by atoms with Crippen molar-refractivity contribution >= 4 is 35.5 Å². The van der Waals surface area contributed by atoms with Crippen molar-refractivity contribution in [2.75, 3.05) is 43.5 Å². The minimum Gasteiger partial charge on any atom is -0.495 e. The molecule has 1 aliphatic rings. The van der Waals surface area contributed by atoms with E-state index in [1.54, 1.807) is 30.3 Å². The van der Waals surface area contributed by atoms with Crippen molar-refractivity contribution in [3.05, 3.63) is 29.4 Å². The third-order valence-electron chi connectivity index (χ3n) is 3.74. The molecule has 1 amide bonds. The van der Waals surface area contributed by atoms with Crippen LogP contribution in [-0.4, -0.2) is 59.8 Å². The maximum Gasteiger partial charge on any atom is 0.249 e. The Morgan fingerprint density at radius 3 is 2.75 bits per heavy atom. The van der Waals surface area contributed by atoms with Crippen molar-refractivity contribution in [2.45, 2.75) is 0 Å². The van der Waals surface area contributed by atoms with Gasteiger partial charge in [-0.25, -0.2) is 0 Å². The number of ether oxygens (including phenoxy) is 1. The van der Waals surface area contributed by atoms with Crippen molar-refractivity contribution in [1.29, 1.82) is 0 Å². The number of aromatic nitrogens is 3. The summed E-state index contributed by atoms with van der Waals surface area (Å²) in [5.41, 5.74) is 0.741. The third-order valence-corrected chi connectivity index (χ3v) is 4.04. The zero-order chi connectivity index (χ0) is 16.9. The summed E-state index contributed by atoms with van der Waals surface area (Å²) in [4.78, 5) is 19.1. The lowest BCUT2D eigenvalue weighted by Gasteiger charge is -2.33. The lowest BCUT2D eigenvalue weighted by molar-refractivity contribution is -0.118. The average Bonchev–Trinajstić information content (AvgIpc) is 2.62. The Bertz CT molecular complexity index is 721. The zero-order valence-corrected chi connectivity index (χ0v) is 13.9. The zero-order valence-electron chi connectivity index (χ0n) is 13.1. The van der Waals surface area contributed by atoms with Gasteiger partial charge < -0.3 is 19.9 Å². The first-order chi connectivity index (χ1) is 11.7. The summed E-state index contributed by atoms with van der Waals surface area (Å²) in [7, 11) is 1.56. The van der Waals surface area contributed by atoms with Gasteiger partial charge >= 0.3 is 0 Å². The van der Waals surface area contributed by atoms with Crippen LogP contribution in [-0.2, 0) is 4.79 Å². The largest absolute Gasteiger partial charge is 0.495 e. The molecule has 1 saturated heterocycles. The number of rotatable bonds is 5. The van der Waals surface area contributed by atoms with Crippen LogP contribution >= 0.6 is 11.6 Å². The average molecular weight is 349 g/mol. The minimum absolute atomic E-state index is 0.381. The quantitative estimate of drug-likeness (QED) is 0.821. The van der Waals surface area contributed by atoms with Gasteiger partial charge in [0.15, 0.2) is 5.82 Å². The molecule has 1 aliphatic heterocycles. The van der Waals surface area contributed by atoms with Gasteiger partial charge in [0.2, 0.25) is 12.4 Å². The number of carbonyl (C=O) groups is 1. The maximum absolute atomic E-state index is 10.8. The molecule has 8 nitrogen and oxygen atoms in total. The Labute approximate surface area is 144 Å². The van der Waals surface area contributed by atoms with Crippen LogP contribution < -0.4 is 15.0 Å². The van der Waals surface area contributed by atoms with E-state index < -0.39 is 0 Å². The fraction of sp³-hybridized carbons (Fsp3) is 0.333. The highest BCUT2D eigenvalue weighted by molar-refractivity contribution is 6.32. The van der Waals surface area contributed by atoms with E-state index in [9.17, 15) is 4.79 Å². The summed E-state index contributed by atoms with van der Waals surface area (Å²) in [5, 5.41) is 11.6. The molecular formula is C15H17ClN6O2. The number of methoxy groups -OCH3 is 1. The Morgan fingerprint density at radius 2 is 2.08 bits per heavy atom. The summed E-state index contributed by atoms with van der Waals surface area (Å²) in [6.07, 6.45) is 2.48. The molecule has 1 aromatic carbocycles. The molecule has 1 N–H and O–H groups in total. The van der Waals surface area contributed by atoms with E-state index in [-0.39, 0.29) is 0 Å². The fourth-order valence-electron chi connectivity index (χ4n) is 2.43. The van der Waals surface area contributed by atoms with E-state index in [2.05, 4.69) is 25.4 Å². The van der Waals surface area contributed by atoms with Gasteiger partial charge in [-0.1, -0.05) is 11.6 Å². The van der Waals surface area contributed by atoms with E-state index in [1.165, 1.54) is 0 Å². The van der Waals surface area contributed by atoms with Gasteiger partial charge in [0.05, 0.1) is 18.3 Å². The van der Waals surface area contributed by atoms with E-state index in [0.29, 0.717) is 42.9 Å². The van der Waals surface area contributed by atoms with Gasteiger partial charge in [0.1, 0.15) is 5.75 Å². The first-order valence-corrected chi connectivity index (χ1v) is 7.82. The predicted molar refractivity (Wildman–Crippen MR) is 91.0 cm³/mol. The van der Waals surface area contributed by atoms with Crippen molar-refractivity contribution in [3.8, 4) is 5.75 Å². The molecule has 1 fully saturated rings. The molecule has 0 aliphatic carbocycles. The normalized spacial score (nSPS) is 14.4. The second-order valence-electron chi connectivity index (χ2n) is 5.24. The number of nitrogens with one attached hydrogen (secondary N) is 1. The second-order valence-corrected chi connectivity index (χ2v) is 5.65. The topological polar surface area (TPSA) is 83.5 Å². The van der Waals surface area contributed by atoms with Gasteiger partial charge in [-0.2, -0.15) is 10.1 Å². The van der Waals surface area contributed by atoms with Gasteiger partial charge in [0.25, 0.3) is 0 Å². The minimum atomic E-state index is 0.381. The molecule has 9 heteroatoms. The van der Waals surface area contributed by atoms with Crippen LogP contribution in [0.25, 0.3) is 0 Å². The summed E-state index contributed by atoms with van der Waals surface area (Å²) in [6, 6.07) is 5.32. The second kappa shape index (κ2) is 7.31. The first kappa shape index (κ1) is 16.3. The highest BCUT2D eigenvalue weighted by Crippen LogP contribution is 2.28. The summed E-state index contributed by atoms with van der Waals surface area (Å²) in [6.45, 7) is 2.77. The summed E-state index contributed by atoms with van der Waals surface area (Å²) >= 11 is 6.11. The third kappa shape index (κ3) is 3.65. The highest BCUT2D eigenvalue weighted by atomic mass is 35.5. The van der Waals surface area contributed by atoms with Crippen LogP contribution in [0.2, 0.25) is 5.02 Å². The molecule has 2 aromatic rings. The smallest absolute Gasteiger partial charge is 0.249 e. The van der Waals surface area contributed by atoms with Crippen molar-refractivity contribution in [3.63, 3.8) is 0 Å². The highest BCUT2D eigenvalue weighted by Gasteiger charge is 2.17. The maximum atomic E-state index is 10.8. The van der Waals surface area contributed by atoms with Crippen molar-refractivity contribution in [1.82, 2.24) is 20.1 Å². The predicted octanol–water partition coefficient (Wildman–Crippen LogP) is 1.56. The molecule has 0 spiro atoms. The molecule has 1 aromatic heterocycles. The molecule has 0 saturated carbocycles. The summed E-state index contributed by atoms with van der Waals surface area (Å²) < 4.78 is 5.13. The molecule has 24 heavy (non-hydrogen) atoms. The molecule has 0 radical (unpaired) electrons. The number of benzene rings is 1. The Morgan fingerprint density at radius 1 is 1.29 bits per heavy atom. The van der Waals surface area contributed by atoms with Gasteiger partial charge in [0, 0.05) is 31.9 Å². The van der Waals surface area contributed by atoms with Crippen LogP contribution in [0, 0.1) is 0 Å². The van der Waals surface area contributed by atoms with Gasteiger partial charge in [-0.3, -0.25) is 4.79 Å². The Balaban J connectivity index is 1.71. The lowest BCUT2D eigenvalue weighted by Crippen LogP contribution is -2.46. The number of amides is 1. The van der Waals surface area contributed by atoms with Crippen LogP contribution in [0.3, 0.4) is 0 Å². The Kier molecular flexibility index (Phi) is 4.95. The number of carbonyl (C=O) groups excluding carboxylic acids is 1. The van der Waals surface area contributed by atoms with Gasteiger partial charge in [-0.15, -0.1) is 5.10 Å². The number of anilines is 3. The number of hydrogen-bond acceptors (Lipinski definition) is 7. The standard InChI is InChI=1S/C15H17ClN6O2/c1-24-13-3-2-11(8-12(13)16)18-15-19-14(9-17-20-15)22-6-4-21(10-23)5-7-22/h2-3,8-10H,4-7H2,1H3,(H,18,19,20). The van der Waals surface area contributed by atoms with Gasteiger partial charge in [-0.05, 0) is 18.2 Å². The number of halogens is 1. The SMILES string of the molecule is COc1ccc(Nc2nncc(N3CCN(C=O)CC3)n2)cc1Cl. The molecule has 2 heterocycles. The summed E-state index contributed by atoms with van der Waals surface area (Å²) in [5.74, 6) is 1.70. The first-order valence-electron chi connectivity index (χ1n) is 7.44. The van der Waals surface area contributed by atoms with Crippen molar-refractivity contribution < 1.29 is 9.53 Å². The number of piperazine rings is 1. The molecule has 3 rings (SSSR count). The van der Waals surface area contributed by atoms with Crippen LogP contribution in [0.1, 0.15) is 0 Å². The van der Waals surface area contributed by atoms with E-state index in [4.69, 9.17) is 16.3 Å². The van der Waals surface area contributed by atoms with E-state index in [1.807, 2.05) is 6.07 Å². The molecule has 126 valence electrons. The number of nitrogens with zero attached hydrogens (tertiary/aromatic N) is 5. The molecule has 0 unspecified atom stereocenters. The number of hydrogen-bond donors (Lipinski definition) is 1. The van der Waals surface area contributed by atoms with Crippen LogP contribution in [0.15, 0.2) is 24.4 Å². The van der Waals surface area contributed by atoms with Crippen molar-refractivity contribution in [2.24, 2.45) is 0 Å². The molecule has 0 bridgehead atoms. The monoisotopic (exact) mass is 348 g/mol. The fourth-order valence-corrected chi connectivity index (χ4v) is 2.69. The lowest BCUT2D eigenvalue weighted by atomic mass is 10.3. The van der Waals surface area contributed by atoms with E-state index >= 15 is 0 Å².